The molecule has 8 heteroatoms. The Morgan fingerprint density at radius 3 is 1.46 bits per heavy atom. The van der Waals surface area contributed by atoms with Gasteiger partial charge in [-0.3, -0.25) is 9.59 Å². The second-order valence-electron chi connectivity index (χ2n) is 16.3. The van der Waals surface area contributed by atoms with Crippen LogP contribution in [0.3, 0.4) is 0 Å². The first-order valence-electron chi connectivity index (χ1n) is 22.7. The van der Waals surface area contributed by atoms with E-state index in [-0.39, 0.29) is 36.2 Å². The predicted octanol–water partition coefficient (Wildman–Crippen LogP) is 12.4. The van der Waals surface area contributed by atoms with E-state index in [0.717, 1.165) is 70.6 Å². The van der Waals surface area contributed by atoms with E-state index in [0.29, 0.717) is 19.3 Å². The van der Waals surface area contributed by atoms with Crippen LogP contribution >= 0.6 is 0 Å². The van der Waals surface area contributed by atoms with Gasteiger partial charge in [0.1, 0.15) is 6.61 Å². The van der Waals surface area contributed by atoms with Gasteiger partial charge in [-0.2, -0.15) is 0 Å². The molecule has 0 fully saturated rings. The smallest absolute Gasteiger partial charge is 0.362 e. The second-order valence-corrected chi connectivity index (χ2v) is 16.3. The number of quaternary nitrogens is 1. The highest BCUT2D eigenvalue weighted by atomic mass is 16.6. The maximum absolute atomic E-state index is 12.7. The van der Waals surface area contributed by atoms with Crippen LogP contribution < -0.4 is 0 Å². The minimum absolute atomic E-state index is 0.0543. The number of esters is 2. The standard InChI is InChI=1S/C48H85NO7/c1-6-8-10-12-14-16-18-19-20-21-22-23-24-25-26-27-28-29-31-32-34-36-38-46(50)55-43-44(42-54-41-40-45(48(52)53)49(3,4)5)56-47(51)39-37-35-33-30-17-15-13-11-9-7-2/h13-16,19-20,22-23,44-45H,6-12,17-18,21,24-43H2,1-5H3/p+1/b15-13+,16-14+,20-19+,23-22+. The summed E-state index contributed by atoms with van der Waals surface area (Å²) in [6, 6.07) is -0.617. The van der Waals surface area contributed by atoms with Gasteiger partial charge in [0, 0.05) is 19.3 Å². The van der Waals surface area contributed by atoms with Crippen molar-refractivity contribution in [2.75, 3.05) is 41.0 Å². The number of likely N-dealkylation sites (N-methyl/N-ethyl adjacent to an activating group) is 1. The SMILES string of the molecule is CCCC/C=C/CCCCCCC(=O)OC(COCCC(C(=O)O)[N+](C)(C)C)COC(=O)CCCCCCCCCCC/C=C/C/C=C/C/C=C/CCCCC. The van der Waals surface area contributed by atoms with Crippen LogP contribution in [0.25, 0.3) is 0 Å². The fraction of sp³-hybridized carbons (Fsp3) is 0.771. The molecule has 2 atom stereocenters. The molecule has 0 aliphatic carbocycles. The number of nitrogens with zero attached hydrogens (tertiary/aromatic N) is 1. The topological polar surface area (TPSA) is 99.1 Å². The van der Waals surface area contributed by atoms with Crippen molar-refractivity contribution in [2.45, 2.75) is 199 Å². The van der Waals surface area contributed by atoms with Gasteiger partial charge in [-0.05, 0) is 70.6 Å². The largest absolute Gasteiger partial charge is 0.477 e. The van der Waals surface area contributed by atoms with Gasteiger partial charge >= 0.3 is 17.9 Å². The first-order valence-corrected chi connectivity index (χ1v) is 22.7. The quantitative estimate of drug-likeness (QED) is 0.0286. The van der Waals surface area contributed by atoms with Gasteiger partial charge in [0.25, 0.3) is 0 Å². The summed E-state index contributed by atoms with van der Waals surface area (Å²) in [5.41, 5.74) is 0. The normalized spacial score (nSPS) is 13.4. The van der Waals surface area contributed by atoms with Gasteiger partial charge < -0.3 is 23.8 Å². The van der Waals surface area contributed by atoms with Crippen LogP contribution in [0.2, 0.25) is 0 Å². The number of carbonyl (C=O) groups is 3. The van der Waals surface area contributed by atoms with Gasteiger partial charge in [0.15, 0.2) is 12.1 Å². The molecule has 0 saturated heterocycles. The molecular weight excluding hydrogens is 703 g/mol. The average Bonchev–Trinajstić information content (AvgIpc) is 3.15. The summed E-state index contributed by atoms with van der Waals surface area (Å²) >= 11 is 0. The molecule has 0 aromatic heterocycles. The van der Waals surface area contributed by atoms with Crippen molar-refractivity contribution in [1.29, 1.82) is 0 Å². The highest BCUT2D eigenvalue weighted by Crippen LogP contribution is 2.14. The molecule has 324 valence electrons. The third-order valence-electron chi connectivity index (χ3n) is 9.95. The zero-order valence-electron chi connectivity index (χ0n) is 36.8. The Hall–Kier alpha value is -2.71. The molecular formula is C48H86NO7+. The molecule has 0 saturated carbocycles. The molecule has 1 N–H and O–H groups in total. The van der Waals surface area contributed by atoms with Crippen molar-refractivity contribution in [3.63, 3.8) is 0 Å². The van der Waals surface area contributed by atoms with Crippen molar-refractivity contribution in [3.8, 4) is 0 Å². The first-order chi connectivity index (χ1) is 27.1. The number of allylic oxidation sites excluding steroid dienone is 8. The van der Waals surface area contributed by atoms with Crippen molar-refractivity contribution in [1.82, 2.24) is 0 Å². The van der Waals surface area contributed by atoms with Crippen molar-refractivity contribution in [2.24, 2.45) is 0 Å². The third kappa shape index (κ3) is 36.9. The van der Waals surface area contributed by atoms with E-state index in [4.69, 9.17) is 14.2 Å². The number of carboxylic acids is 1. The summed E-state index contributed by atoms with van der Waals surface area (Å²) in [5.74, 6) is -1.49. The fourth-order valence-electron chi connectivity index (χ4n) is 6.37. The lowest BCUT2D eigenvalue weighted by Gasteiger charge is -2.31. The maximum atomic E-state index is 12.7. The number of unbranched alkanes of at least 4 members (excludes halogenated alkanes) is 18. The van der Waals surface area contributed by atoms with Crippen molar-refractivity contribution in [3.05, 3.63) is 48.6 Å². The monoisotopic (exact) mass is 789 g/mol. The molecule has 0 amide bonds. The molecule has 56 heavy (non-hydrogen) atoms. The van der Waals surface area contributed by atoms with Crippen molar-refractivity contribution >= 4 is 17.9 Å². The molecule has 0 aromatic rings. The van der Waals surface area contributed by atoms with E-state index in [1.807, 2.05) is 21.1 Å². The van der Waals surface area contributed by atoms with Crippen LogP contribution in [0.5, 0.6) is 0 Å². The van der Waals surface area contributed by atoms with E-state index in [2.05, 4.69) is 62.5 Å². The zero-order chi connectivity index (χ0) is 41.4. The van der Waals surface area contributed by atoms with Crippen LogP contribution in [0.15, 0.2) is 48.6 Å². The summed E-state index contributed by atoms with van der Waals surface area (Å²) in [6.45, 7) is 4.64. The lowest BCUT2D eigenvalue weighted by molar-refractivity contribution is -0.887. The Bertz CT molecular complexity index is 1060. The van der Waals surface area contributed by atoms with Crippen LogP contribution in [0, 0.1) is 0 Å². The van der Waals surface area contributed by atoms with Gasteiger partial charge in [0.05, 0.1) is 34.4 Å². The number of carbonyl (C=O) groups excluding carboxylic acids is 2. The lowest BCUT2D eigenvalue weighted by Crippen LogP contribution is -2.50. The van der Waals surface area contributed by atoms with Gasteiger partial charge in [-0.15, -0.1) is 0 Å². The zero-order valence-corrected chi connectivity index (χ0v) is 36.8. The van der Waals surface area contributed by atoms with E-state index < -0.39 is 18.1 Å². The molecule has 0 bridgehead atoms. The van der Waals surface area contributed by atoms with E-state index >= 15 is 0 Å². The van der Waals surface area contributed by atoms with Gasteiger partial charge in [0.2, 0.25) is 0 Å². The molecule has 0 aliphatic heterocycles. The lowest BCUT2D eigenvalue weighted by atomic mass is 10.1. The predicted molar refractivity (Wildman–Crippen MR) is 234 cm³/mol. The fourth-order valence-corrected chi connectivity index (χ4v) is 6.37. The van der Waals surface area contributed by atoms with Gasteiger partial charge in [-0.25, -0.2) is 4.79 Å². The number of rotatable bonds is 40. The average molecular weight is 789 g/mol. The summed E-state index contributed by atoms with van der Waals surface area (Å²) < 4.78 is 17.2. The Labute approximate surface area is 344 Å². The van der Waals surface area contributed by atoms with Crippen LogP contribution in [-0.2, 0) is 28.6 Å². The molecule has 0 heterocycles. The number of aliphatic carboxylic acids is 1. The van der Waals surface area contributed by atoms with E-state index in [9.17, 15) is 19.5 Å². The van der Waals surface area contributed by atoms with Crippen LogP contribution in [0.1, 0.15) is 187 Å². The molecule has 8 nitrogen and oxygen atoms in total. The van der Waals surface area contributed by atoms with Crippen LogP contribution in [-0.4, -0.2) is 80.6 Å². The summed E-state index contributed by atoms with van der Waals surface area (Å²) in [5, 5.41) is 9.61. The minimum Gasteiger partial charge on any atom is -0.477 e. The number of ether oxygens (including phenoxy) is 3. The Morgan fingerprint density at radius 1 is 0.536 bits per heavy atom. The van der Waals surface area contributed by atoms with E-state index in [1.165, 1.54) is 83.5 Å². The Morgan fingerprint density at radius 2 is 0.964 bits per heavy atom. The number of carboxylic acid groups (broad SMARTS) is 1. The minimum atomic E-state index is -0.879. The molecule has 0 radical (unpaired) electrons. The van der Waals surface area contributed by atoms with E-state index in [1.54, 1.807) is 0 Å². The summed E-state index contributed by atoms with van der Waals surface area (Å²) in [6.07, 6.45) is 45.9. The molecule has 0 rings (SSSR count). The Balaban J connectivity index is 4.23. The number of hydrogen-bond acceptors (Lipinski definition) is 6. The highest BCUT2D eigenvalue weighted by Gasteiger charge is 2.31. The first kappa shape index (κ1) is 53.3. The van der Waals surface area contributed by atoms with Crippen LogP contribution in [0.4, 0.5) is 0 Å². The highest BCUT2D eigenvalue weighted by molar-refractivity contribution is 5.72. The molecule has 0 spiro atoms. The molecule has 2 unspecified atom stereocenters. The maximum Gasteiger partial charge on any atom is 0.362 e. The molecule has 0 aromatic carbocycles. The third-order valence-corrected chi connectivity index (χ3v) is 9.95. The number of hydrogen-bond donors (Lipinski definition) is 1. The Kier molecular flexibility index (Phi) is 37.2. The van der Waals surface area contributed by atoms with Gasteiger partial charge in [-0.1, -0.05) is 146 Å². The summed E-state index contributed by atoms with van der Waals surface area (Å²) in [7, 11) is 5.52. The second kappa shape index (κ2) is 39.1. The van der Waals surface area contributed by atoms with Crippen molar-refractivity contribution < 1.29 is 38.2 Å². The summed E-state index contributed by atoms with van der Waals surface area (Å²) in [4.78, 5) is 36.9. The molecule has 0 aliphatic rings.